The molecule has 0 aliphatic heterocycles. The van der Waals surface area contributed by atoms with E-state index in [2.05, 4.69) is 10.2 Å². The van der Waals surface area contributed by atoms with Gasteiger partial charge in [0.15, 0.2) is 5.82 Å². The van der Waals surface area contributed by atoms with Gasteiger partial charge in [-0.25, -0.2) is 4.39 Å². The predicted octanol–water partition coefficient (Wildman–Crippen LogP) is 3.77. The van der Waals surface area contributed by atoms with E-state index in [0.29, 0.717) is 16.9 Å². The molecule has 100 valence electrons. The number of H-pyrrole nitrogens is 1. The van der Waals surface area contributed by atoms with Crippen LogP contribution in [0.2, 0.25) is 0 Å². The van der Waals surface area contributed by atoms with Gasteiger partial charge in [0, 0.05) is 11.1 Å². The summed E-state index contributed by atoms with van der Waals surface area (Å²) in [5.41, 5.74) is 9.77. The Morgan fingerprint density at radius 2 is 1.65 bits per heavy atom. The Morgan fingerprint density at radius 3 is 2.35 bits per heavy atom. The van der Waals surface area contributed by atoms with Gasteiger partial charge in [0.25, 0.3) is 0 Å². The van der Waals surface area contributed by atoms with Crippen LogP contribution in [0, 0.1) is 12.7 Å². The van der Waals surface area contributed by atoms with E-state index in [1.54, 1.807) is 18.2 Å². The first-order valence-corrected chi connectivity index (χ1v) is 6.33. The molecule has 3 N–H and O–H groups in total. The smallest absolute Gasteiger partial charge is 0.153 e. The van der Waals surface area contributed by atoms with E-state index in [1.807, 2.05) is 31.2 Å². The van der Waals surface area contributed by atoms with Crippen LogP contribution in [-0.2, 0) is 0 Å². The second-order valence-electron chi connectivity index (χ2n) is 4.65. The molecule has 3 nitrogen and oxygen atoms in total. The van der Waals surface area contributed by atoms with Crippen molar-refractivity contribution in [3.63, 3.8) is 0 Å². The second kappa shape index (κ2) is 4.81. The zero-order valence-electron chi connectivity index (χ0n) is 11.0. The molecule has 3 aromatic rings. The molecule has 20 heavy (non-hydrogen) atoms. The number of nitrogens with two attached hydrogens (primary N) is 1. The van der Waals surface area contributed by atoms with Gasteiger partial charge in [0.2, 0.25) is 0 Å². The molecule has 3 rings (SSSR count). The maximum Gasteiger partial charge on any atom is 0.153 e. The normalized spacial score (nSPS) is 10.7. The van der Waals surface area contributed by atoms with Crippen LogP contribution in [0.3, 0.4) is 0 Å². The van der Waals surface area contributed by atoms with Crippen molar-refractivity contribution in [3.8, 4) is 22.4 Å². The first-order chi connectivity index (χ1) is 9.68. The molecule has 1 aromatic heterocycles. The third-order valence-corrected chi connectivity index (χ3v) is 3.35. The summed E-state index contributed by atoms with van der Waals surface area (Å²) in [5.74, 6) is -0.0104. The van der Waals surface area contributed by atoms with E-state index in [1.165, 1.54) is 6.07 Å². The number of nitrogens with zero attached hydrogens (tertiary/aromatic N) is 1. The first-order valence-electron chi connectivity index (χ1n) is 6.33. The van der Waals surface area contributed by atoms with Crippen molar-refractivity contribution in [2.24, 2.45) is 0 Å². The topological polar surface area (TPSA) is 54.7 Å². The first kappa shape index (κ1) is 12.4. The molecule has 0 unspecified atom stereocenters. The third-order valence-electron chi connectivity index (χ3n) is 3.35. The van der Waals surface area contributed by atoms with Gasteiger partial charge in [-0.05, 0) is 18.6 Å². The molecule has 4 heteroatoms. The number of aryl methyl sites for hydroxylation is 1. The molecule has 0 aliphatic rings. The highest BCUT2D eigenvalue weighted by Gasteiger charge is 2.18. The molecular formula is C16H14FN3. The van der Waals surface area contributed by atoms with Gasteiger partial charge in [-0.2, -0.15) is 5.10 Å². The number of aromatic nitrogens is 2. The number of hydrogen-bond acceptors (Lipinski definition) is 2. The summed E-state index contributed by atoms with van der Waals surface area (Å²) in [4.78, 5) is 0. The van der Waals surface area contributed by atoms with Crippen molar-refractivity contribution in [2.45, 2.75) is 6.92 Å². The fourth-order valence-corrected chi connectivity index (χ4v) is 2.34. The van der Waals surface area contributed by atoms with Crippen molar-refractivity contribution in [2.75, 3.05) is 5.73 Å². The van der Waals surface area contributed by atoms with E-state index in [-0.39, 0.29) is 5.82 Å². The van der Waals surface area contributed by atoms with Gasteiger partial charge >= 0.3 is 0 Å². The molecule has 0 fully saturated rings. The highest BCUT2D eigenvalue weighted by atomic mass is 19.1. The molecule has 0 spiro atoms. The highest BCUT2D eigenvalue weighted by Crippen LogP contribution is 2.36. The van der Waals surface area contributed by atoms with Crippen molar-refractivity contribution < 1.29 is 4.39 Å². The summed E-state index contributed by atoms with van der Waals surface area (Å²) in [6, 6.07) is 14.4. The predicted molar refractivity (Wildman–Crippen MR) is 78.6 cm³/mol. The number of benzene rings is 2. The number of nitrogen functional groups attached to an aromatic ring is 1. The van der Waals surface area contributed by atoms with Crippen molar-refractivity contribution in [3.05, 3.63) is 59.9 Å². The average molecular weight is 267 g/mol. The minimum atomic E-state index is -0.310. The summed E-state index contributed by atoms with van der Waals surface area (Å²) in [6.07, 6.45) is 0. The number of halogens is 1. The molecule has 0 radical (unpaired) electrons. The number of nitrogens with one attached hydrogen (secondary N) is 1. The molecule has 2 aromatic carbocycles. The second-order valence-corrected chi connectivity index (χ2v) is 4.65. The molecule has 0 aliphatic carbocycles. The van der Waals surface area contributed by atoms with E-state index in [4.69, 9.17) is 5.73 Å². The SMILES string of the molecule is Cc1ccccc1-c1[nH]nc(N)c1-c1ccccc1F. The van der Waals surface area contributed by atoms with Gasteiger partial charge in [0.1, 0.15) is 5.82 Å². The quantitative estimate of drug-likeness (QED) is 0.742. The Hall–Kier alpha value is -2.62. The lowest BCUT2D eigenvalue weighted by molar-refractivity contribution is 0.631. The Kier molecular flexibility index (Phi) is 2.99. The third kappa shape index (κ3) is 1.95. The molecule has 0 saturated carbocycles. The number of aromatic amines is 1. The van der Waals surface area contributed by atoms with Gasteiger partial charge in [0.05, 0.1) is 11.3 Å². The highest BCUT2D eigenvalue weighted by molar-refractivity contribution is 5.88. The van der Waals surface area contributed by atoms with Gasteiger partial charge in [-0.3, -0.25) is 5.10 Å². The van der Waals surface area contributed by atoms with E-state index < -0.39 is 0 Å². The Bertz CT molecular complexity index is 762. The van der Waals surface area contributed by atoms with Crippen molar-refractivity contribution >= 4 is 5.82 Å². The van der Waals surface area contributed by atoms with Crippen LogP contribution < -0.4 is 5.73 Å². The number of anilines is 1. The van der Waals surface area contributed by atoms with Gasteiger partial charge < -0.3 is 5.73 Å². The molecule has 0 saturated heterocycles. The molecular weight excluding hydrogens is 253 g/mol. The van der Waals surface area contributed by atoms with Crippen LogP contribution in [0.25, 0.3) is 22.4 Å². The summed E-state index contributed by atoms with van der Waals surface area (Å²) >= 11 is 0. The molecule has 0 amide bonds. The van der Waals surface area contributed by atoms with Crippen LogP contribution in [0.5, 0.6) is 0 Å². The lowest BCUT2D eigenvalue weighted by Crippen LogP contribution is -1.92. The molecule has 1 heterocycles. The Morgan fingerprint density at radius 1 is 1.00 bits per heavy atom. The van der Waals surface area contributed by atoms with E-state index in [9.17, 15) is 4.39 Å². The summed E-state index contributed by atoms with van der Waals surface area (Å²) in [5, 5.41) is 6.95. The van der Waals surface area contributed by atoms with Crippen LogP contribution >= 0.6 is 0 Å². The lowest BCUT2D eigenvalue weighted by atomic mass is 9.98. The number of rotatable bonds is 2. The Balaban J connectivity index is 2.26. The monoisotopic (exact) mass is 267 g/mol. The standard InChI is InChI=1S/C16H14FN3/c1-10-6-2-3-7-11(10)15-14(16(18)20-19-15)12-8-4-5-9-13(12)17/h2-9H,1H3,(H3,18,19,20). The zero-order valence-corrected chi connectivity index (χ0v) is 11.0. The average Bonchev–Trinajstić information content (AvgIpc) is 2.82. The van der Waals surface area contributed by atoms with Gasteiger partial charge in [-0.1, -0.05) is 42.5 Å². The Labute approximate surface area is 116 Å². The summed E-state index contributed by atoms with van der Waals surface area (Å²) < 4.78 is 14.0. The maximum absolute atomic E-state index is 14.0. The van der Waals surface area contributed by atoms with Gasteiger partial charge in [-0.15, -0.1) is 0 Å². The fourth-order valence-electron chi connectivity index (χ4n) is 2.34. The van der Waals surface area contributed by atoms with E-state index in [0.717, 1.165) is 16.8 Å². The molecule has 0 atom stereocenters. The number of hydrogen-bond donors (Lipinski definition) is 2. The van der Waals surface area contributed by atoms with E-state index >= 15 is 0 Å². The van der Waals surface area contributed by atoms with Crippen LogP contribution in [-0.4, -0.2) is 10.2 Å². The van der Waals surface area contributed by atoms with Crippen LogP contribution in [0.1, 0.15) is 5.56 Å². The van der Waals surface area contributed by atoms with Crippen LogP contribution in [0.15, 0.2) is 48.5 Å². The zero-order chi connectivity index (χ0) is 14.1. The largest absolute Gasteiger partial charge is 0.382 e. The maximum atomic E-state index is 14.0. The summed E-state index contributed by atoms with van der Waals surface area (Å²) in [6.45, 7) is 2.00. The fraction of sp³-hybridized carbons (Fsp3) is 0.0625. The minimum Gasteiger partial charge on any atom is -0.382 e. The molecule has 0 bridgehead atoms. The van der Waals surface area contributed by atoms with Crippen molar-refractivity contribution in [1.29, 1.82) is 0 Å². The summed E-state index contributed by atoms with van der Waals surface area (Å²) in [7, 11) is 0. The minimum absolute atomic E-state index is 0.299. The van der Waals surface area contributed by atoms with Crippen molar-refractivity contribution in [1.82, 2.24) is 10.2 Å². The van der Waals surface area contributed by atoms with Crippen LogP contribution in [0.4, 0.5) is 10.2 Å². The lowest BCUT2D eigenvalue weighted by Gasteiger charge is -2.08.